The van der Waals surface area contributed by atoms with Crippen molar-refractivity contribution in [3.63, 3.8) is 0 Å². The number of hydrogen-bond acceptors (Lipinski definition) is 3. The number of benzene rings is 2. The van der Waals surface area contributed by atoms with E-state index < -0.39 is 0 Å². The molecule has 4 nitrogen and oxygen atoms in total. The lowest BCUT2D eigenvalue weighted by atomic mass is 10.1. The highest BCUT2D eigenvalue weighted by atomic mass is 35.5. The first-order valence-electron chi connectivity index (χ1n) is 8.63. The molecule has 0 radical (unpaired) electrons. The number of nitrogens with zero attached hydrogens (tertiary/aromatic N) is 4. The number of para-hydroxylation sites is 1. The van der Waals surface area contributed by atoms with Gasteiger partial charge in [-0.1, -0.05) is 59.2 Å². The summed E-state index contributed by atoms with van der Waals surface area (Å²) in [6, 6.07) is 14.1. The second kappa shape index (κ2) is 7.58. The van der Waals surface area contributed by atoms with E-state index in [0.29, 0.717) is 10.0 Å². The maximum absolute atomic E-state index is 6.11. The van der Waals surface area contributed by atoms with Crippen molar-refractivity contribution in [2.45, 2.75) is 24.4 Å². The van der Waals surface area contributed by atoms with Crippen LogP contribution in [0.4, 0.5) is 0 Å². The van der Waals surface area contributed by atoms with E-state index in [-0.39, 0.29) is 0 Å². The van der Waals surface area contributed by atoms with Gasteiger partial charge in [-0.05, 0) is 30.7 Å². The fourth-order valence-electron chi connectivity index (χ4n) is 3.14. The lowest BCUT2D eigenvalue weighted by molar-refractivity contribution is 0.787. The van der Waals surface area contributed by atoms with E-state index in [1.165, 1.54) is 10.9 Å². The molecule has 2 heterocycles. The topological polar surface area (TPSA) is 35.6 Å². The van der Waals surface area contributed by atoms with Crippen LogP contribution in [0.3, 0.4) is 0 Å². The summed E-state index contributed by atoms with van der Waals surface area (Å²) >= 11 is 13.7. The summed E-state index contributed by atoms with van der Waals surface area (Å²) in [4.78, 5) is 0. The number of fused-ring (bicyclic) bond motifs is 1. The molecular weight excluding hydrogens is 399 g/mol. The highest BCUT2D eigenvalue weighted by molar-refractivity contribution is 7.98. The molecule has 0 unspecified atom stereocenters. The molecule has 0 aliphatic heterocycles. The van der Waals surface area contributed by atoms with Crippen molar-refractivity contribution >= 4 is 45.9 Å². The van der Waals surface area contributed by atoms with Crippen molar-refractivity contribution < 1.29 is 0 Å². The standard InChI is InChI=1S/C20H18Cl2N4S/c1-3-26-11-15(14-6-4-5-7-18(14)26)19-23-24-20(25(19)2)27-12-13-8-9-16(21)17(22)10-13/h4-11H,3,12H2,1-2H3. The second-order valence-electron chi connectivity index (χ2n) is 6.25. The van der Waals surface area contributed by atoms with Crippen LogP contribution in [0.2, 0.25) is 10.0 Å². The van der Waals surface area contributed by atoms with Gasteiger partial charge >= 0.3 is 0 Å². The number of aromatic nitrogens is 4. The molecule has 4 rings (SSSR count). The first-order chi connectivity index (χ1) is 13.1. The lowest BCUT2D eigenvalue weighted by Gasteiger charge is -2.04. The fourth-order valence-corrected chi connectivity index (χ4v) is 4.31. The summed E-state index contributed by atoms with van der Waals surface area (Å²) in [5.41, 5.74) is 3.41. The molecule has 7 heteroatoms. The van der Waals surface area contributed by atoms with Crippen molar-refractivity contribution in [2.75, 3.05) is 0 Å². The van der Waals surface area contributed by atoms with Crippen LogP contribution in [-0.2, 0) is 19.3 Å². The third-order valence-electron chi connectivity index (χ3n) is 4.56. The summed E-state index contributed by atoms with van der Waals surface area (Å²) < 4.78 is 4.28. The van der Waals surface area contributed by atoms with Crippen molar-refractivity contribution in [2.24, 2.45) is 7.05 Å². The molecule has 0 fully saturated rings. The van der Waals surface area contributed by atoms with E-state index in [0.717, 1.165) is 34.4 Å². The normalized spacial score (nSPS) is 11.4. The van der Waals surface area contributed by atoms with Gasteiger partial charge in [-0.3, -0.25) is 0 Å². The summed E-state index contributed by atoms with van der Waals surface area (Å²) in [6.45, 7) is 3.06. The van der Waals surface area contributed by atoms with E-state index in [4.69, 9.17) is 23.2 Å². The van der Waals surface area contributed by atoms with Crippen LogP contribution in [0.15, 0.2) is 53.8 Å². The zero-order chi connectivity index (χ0) is 19.0. The molecule has 0 saturated carbocycles. The summed E-state index contributed by atoms with van der Waals surface area (Å²) in [7, 11) is 2.00. The Morgan fingerprint density at radius 2 is 1.85 bits per heavy atom. The van der Waals surface area contributed by atoms with Crippen LogP contribution in [0.1, 0.15) is 12.5 Å². The fraction of sp³-hybridized carbons (Fsp3) is 0.200. The Kier molecular flexibility index (Phi) is 5.17. The molecule has 0 bridgehead atoms. The molecule has 27 heavy (non-hydrogen) atoms. The molecule has 0 saturated heterocycles. The predicted molar refractivity (Wildman–Crippen MR) is 114 cm³/mol. The molecule has 0 atom stereocenters. The quantitative estimate of drug-likeness (QED) is 0.371. The Labute approximate surface area is 172 Å². The van der Waals surface area contributed by atoms with Crippen LogP contribution in [0.5, 0.6) is 0 Å². The van der Waals surface area contributed by atoms with Crippen molar-refractivity contribution in [1.82, 2.24) is 19.3 Å². The summed E-state index contributed by atoms with van der Waals surface area (Å²) in [5, 5.41) is 12.1. The van der Waals surface area contributed by atoms with Gasteiger partial charge in [0, 0.05) is 42.0 Å². The Bertz CT molecular complexity index is 1120. The van der Waals surface area contributed by atoms with E-state index in [1.807, 2.05) is 29.8 Å². The molecule has 138 valence electrons. The molecule has 0 amide bonds. The SMILES string of the molecule is CCn1cc(-c2nnc(SCc3ccc(Cl)c(Cl)c3)n2C)c2ccccc21. The monoisotopic (exact) mass is 416 g/mol. The Balaban J connectivity index is 1.64. The van der Waals surface area contributed by atoms with Crippen molar-refractivity contribution in [3.05, 3.63) is 64.3 Å². The molecule has 0 aliphatic carbocycles. The molecule has 2 aromatic heterocycles. The highest BCUT2D eigenvalue weighted by Gasteiger charge is 2.16. The predicted octanol–water partition coefficient (Wildman–Crippen LogP) is 6.06. The van der Waals surface area contributed by atoms with Crippen LogP contribution in [0.25, 0.3) is 22.3 Å². The van der Waals surface area contributed by atoms with E-state index in [1.54, 1.807) is 11.8 Å². The van der Waals surface area contributed by atoms with E-state index in [2.05, 4.69) is 52.2 Å². The van der Waals surface area contributed by atoms with Gasteiger partial charge in [-0.15, -0.1) is 10.2 Å². The minimum Gasteiger partial charge on any atom is -0.347 e. The average Bonchev–Trinajstić information content (AvgIpc) is 3.23. The highest BCUT2D eigenvalue weighted by Crippen LogP contribution is 2.32. The lowest BCUT2D eigenvalue weighted by Crippen LogP contribution is -1.95. The Morgan fingerprint density at radius 3 is 2.63 bits per heavy atom. The van der Waals surface area contributed by atoms with Crippen LogP contribution in [0, 0.1) is 0 Å². The number of aryl methyl sites for hydroxylation is 1. The van der Waals surface area contributed by atoms with Crippen LogP contribution < -0.4 is 0 Å². The Hall–Kier alpha value is -1.95. The van der Waals surface area contributed by atoms with Crippen LogP contribution >= 0.6 is 35.0 Å². The Morgan fingerprint density at radius 1 is 1.04 bits per heavy atom. The molecule has 2 aromatic carbocycles. The third kappa shape index (κ3) is 3.47. The number of thioether (sulfide) groups is 1. The number of halogens is 2. The maximum atomic E-state index is 6.11. The zero-order valence-electron chi connectivity index (χ0n) is 15.0. The van der Waals surface area contributed by atoms with Gasteiger partial charge in [0.1, 0.15) is 0 Å². The first kappa shape index (κ1) is 18.4. The third-order valence-corrected chi connectivity index (χ3v) is 6.39. The minimum absolute atomic E-state index is 0.568. The number of hydrogen-bond donors (Lipinski definition) is 0. The molecule has 0 spiro atoms. The summed E-state index contributed by atoms with van der Waals surface area (Å²) in [5.74, 6) is 1.62. The van der Waals surface area contributed by atoms with Gasteiger partial charge in [0.25, 0.3) is 0 Å². The van der Waals surface area contributed by atoms with Gasteiger partial charge in [-0.25, -0.2) is 0 Å². The van der Waals surface area contributed by atoms with E-state index >= 15 is 0 Å². The molecule has 4 aromatic rings. The molecule has 0 aliphatic rings. The summed E-state index contributed by atoms with van der Waals surface area (Å²) in [6.07, 6.45) is 2.15. The zero-order valence-corrected chi connectivity index (χ0v) is 17.3. The van der Waals surface area contributed by atoms with Gasteiger partial charge in [-0.2, -0.15) is 0 Å². The van der Waals surface area contributed by atoms with E-state index in [9.17, 15) is 0 Å². The van der Waals surface area contributed by atoms with Crippen LogP contribution in [-0.4, -0.2) is 19.3 Å². The van der Waals surface area contributed by atoms with Crippen molar-refractivity contribution in [3.8, 4) is 11.4 Å². The second-order valence-corrected chi connectivity index (χ2v) is 8.01. The first-order valence-corrected chi connectivity index (χ1v) is 10.4. The van der Waals surface area contributed by atoms with Crippen molar-refractivity contribution in [1.29, 1.82) is 0 Å². The van der Waals surface area contributed by atoms with Gasteiger partial charge < -0.3 is 9.13 Å². The molecular formula is C20H18Cl2N4S. The van der Waals surface area contributed by atoms with Gasteiger partial charge in [0.15, 0.2) is 11.0 Å². The van der Waals surface area contributed by atoms with Gasteiger partial charge in [0.05, 0.1) is 10.0 Å². The smallest absolute Gasteiger partial charge is 0.191 e. The average molecular weight is 417 g/mol. The number of rotatable bonds is 5. The largest absolute Gasteiger partial charge is 0.347 e. The maximum Gasteiger partial charge on any atom is 0.191 e. The van der Waals surface area contributed by atoms with Gasteiger partial charge in [0.2, 0.25) is 0 Å². The minimum atomic E-state index is 0.568. The molecule has 0 N–H and O–H groups in total.